The fourth-order valence-corrected chi connectivity index (χ4v) is 1.25. The highest BCUT2D eigenvalue weighted by Gasteiger charge is 2.02. The van der Waals surface area contributed by atoms with Gasteiger partial charge in [-0.05, 0) is 24.6 Å². The van der Waals surface area contributed by atoms with Gasteiger partial charge in [0.25, 0.3) is 0 Å². The molecule has 0 amide bonds. The van der Waals surface area contributed by atoms with Crippen molar-refractivity contribution in [1.29, 1.82) is 0 Å². The van der Waals surface area contributed by atoms with Gasteiger partial charge < -0.3 is 5.73 Å². The summed E-state index contributed by atoms with van der Waals surface area (Å²) in [6.45, 7) is 1.96. The molecule has 0 spiro atoms. The van der Waals surface area contributed by atoms with Gasteiger partial charge in [-0.1, -0.05) is 0 Å². The first-order valence-electron chi connectivity index (χ1n) is 4.26. The van der Waals surface area contributed by atoms with Crippen LogP contribution in [0.4, 0.5) is 5.82 Å². The van der Waals surface area contributed by atoms with Crippen LogP contribution in [-0.4, -0.2) is 15.0 Å². The van der Waals surface area contributed by atoms with Gasteiger partial charge in [0.15, 0.2) is 0 Å². The number of aryl methyl sites for hydroxylation is 1. The molecule has 0 saturated heterocycles. The monoisotopic (exact) mass is 186 g/mol. The van der Waals surface area contributed by atoms with E-state index in [4.69, 9.17) is 5.73 Å². The van der Waals surface area contributed by atoms with Crippen molar-refractivity contribution in [2.45, 2.75) is 6.92 Å². The average Bonchev–Trinajstić information content (AvgIpc) is 2.20. The van der Waals surface area contributed by atoms with Gasteiger partial charge in [0.05, 0.1) is 5.69 Å². The van der Waals surface area contributed by atoms with Crippen LogP contribution < -0.4 is 5.73 Å². The predicted molar refractivity (Wildman–Crippen MR) is 54.4 cm³/mol. The molecule has 0 fully saturated rings. The number of hydrogen-bond donors (Lipinski definition) is 1. The van der Waals surface area contributed by atoms with E-state index in [1.54, 1.807) is 18.5 Å². The normalized spacial score (nSPS) is 10.1. The van der Waals surface area contributed by atoms with Crippen LogP contribution in [0.3, 0.4) is 0 Å². The topological polar surface area (TPSA) is 64.7 Å². The van der Waals surface area contributed by atoms with Crippen LogP contribution in [0, 0.1) is 6.92 Å². The van der Waals surface area contributed by atoms with Crippen molar-refractivity contribution < 1.29 is 0 Å². The molecule has 0 unspecified atom stereocenters. The lowest BCUT2D eigenvalue weighted by Gasteiger charge is -2.02. The maximum atomic E-state index is 5.50. The quantitative estimate of drug-likeness (QED) is 0.731. The first-order valence-corrected chi connectivity index (χ1v) is 4.26. The lowest BCUT2D eigenvalue weighted by atomic mass is 10.1. The molecule has 2 aromatic heterocycles. The lowest BCUT2D eigenvalue weighted by molar-refractivity contribution is 1.13. The molecule has 0 saturated carbocycles. The maximum absolute atomic E-state index is 5.50. The number of nitrogens with zero attached hydrogens (tertiary/aromatic N) is 3. The molecule has 0 aliphatic rings. The smallest absolute Gasteiger partial charge is 0.123 e. The molecule has 0 radical (unpaired) electrons. The summed E-state index contributed by atoms with van der Waals surface area (Å²) >= 11 is 0. The molecule has 2 aromatic rings. The van der Waals surface area contributed by atoms with Gasteiger partial charge in [-0.3, -0.25) is 0 Å². The summed E-state index contributed by atoms with van der Waals surface area (Å²) in [4.78, 5) is 12.1. The van der Waals surface area contributed by atoms with Gasteiger partial charge in [-0.25, -0.2) is 15.0 Å². The highest BCUT2D eigenvalue weighted by Crippen LogP contribution is 2.18. The van der Waals surface area contributed by atoms with Crippen molar-refractivity contribution in [3.63, 3.8) is 0 Å². The van der Waals surface area contributed by atoms with E-state index >= 15 is 0 Å². The second-order valence-electron chi connectivity index (χ2n) is 3.03. The third-order valence-corrected chi connectivity index (χ3v) is 1.96. The Morgan fingerprint density at radius 1 is 1.14 bits per heavy atom. The molecular formula is C10H10N4. The SMILES string of the molecule is Cc1cncnc1-c1ccc(N)nc1. The predicted octanol–water partition coefficient (Wildman–Crippen LogP) is 1.43. The highest BCUT2D eigenvalue weighted by molar-refractivity contribution is 5.61. The molecule has 2 heterocycles. The van der Waals surface area contributed by atoms with Crippen molar-refractivity contribution in [3.05, 3.63) is 36.4 Å². The second-order valence-corrected chi connectivity index (χ2v) is 3.03. The standard InChI is InChI=1S/C10H10N4/c1-7-4-12-6-14-10(7)8-2-3-9(11)13-5-8/h2-6H,1H3,(H2,11,13). The largest absolute Gasteiger partial charge is 0.384 e. The van der Waals surface area contributed by atoms with Gasteiger partial charge >= 0.3 is 0 Å². The van der Waals surface area contributed by atoms with E-state index in [-0.39, 0.29) is 0 Å². The van der Waals surface area contributed by atoms with Crippen LogP contribution in [-0.2, 0) is 0 Å². The van der Waals surface area contributed by atoms with Gasteiger partial charge in [0, 0.05) is 18.0 Å². The van der Waals surface area contributed by atoms with Gasteiger partial charge in [0.2, 0.25) is 0 Å². The van der Waals surface area contributed by atoms with E-state index in [0.29, 0.717) is 5.82 Å². The summed E-state index contributed by atoms with van der Waals surface area (Å²) < 4.78 is 0. The zero-order valence-electron chi connectivity index (χ0n) is 7.81. The Bertz CT molecular complexity index is 436. The first-order chi connectivity index (χ1) is 6.77. The van der Waals surface area contributed by atoms with Crippen LogP contribution in [0.15, 0.2) is 30.9 Å². The number of nitrogen functional groups attached to an aromatic ring is 1. The number of pyridine rings is 1. The number of anilines is 1. The first kappa shape index (κ1) is 8.62. The third kappa shape index (κ3) is 1.54. The van der Waals surface area contributed by atoms with Crippen LogP contribution in [0.1, 0.15) is 5.56 Å². The number of rotatable bonds is 1. The van der Waals surface area contributed by atoms with Crippen molar-refractivity contribution >= 4 is 5.82 Å². The summed E-state index contributed by atoms with van der Waals surface area (Å²) in [6.07, 6.45) is 5.02. The van der Waals surface area contributed by atoms with E-state index in [9.17, 15) is 0 Å². The third-order valence-electron chi connectivity index (χ3n) is 1.96. The molecule has 0 bridgehead atoms. The summed E-state index contributed by atoms with van der Waals surface area (Å²) in [5.74, 6) is 0.514. The number of nitrogens with two attached hydrogens (primary N) is 1. The Morgan fingerprint density at radius 3 is 2.64 bits per heavy atom. The van der Waals surface area contributed by atoms with Gasteiger partial charge in [0.1, 0.15) is 12.1 Å². The fraction of sp³-hybridized carbons (Fsp3) is 0.100. The van der Waals surface area contributed by atoms with Crippen LogP contribution in [0.25, 0.3) is 11.3 Å². The Kier molecular flexibility index (Phi) is 2.10. The van der Waals surface area contributed by atoms with Crippen molar-refractivity contribution in [2.75, 3.05) is 5.73 Å². The Labute approximate surface area is 81.9 Å². The number of hydrogen-bond acceptors (Lipinski definition) is 4. The Hall–Kier alpha value is -1.97. The van der Waals surface area contributed by atoms with E-state index in [1.165, 1.54) is 6.33 Å². The van der Waals surface area contributed by atoms with Crippen LogP contribution in [0.5, 0.6) is 0 Å². The molecule has 0 aromatic carbocycles. The lowest BCUT2D eigenvalue weighted by Crippen LogP contribution is -1.92. The maximum Gasteiger partial charge on any atom is 0.123 e. The molecule has 2 N–H and O–H groups in total. The van der Waals surface area contributed by atoms with E-state index in [0.717, 1.165) is 16.8 Å². The Balaban J connectivity index is 2.50. The van der Waals surface area contributed by atoms with E-state index < -0.39 is 0 Å². The summed E-state index contributed by atoms with van der Waals surface area (Å²) in [7, 11) is 0. The van der Waals surface area contributed by atoms with E-state index in [1.807, 2.05) is 13.0 Å². The van der Waals surface area contributed by atoms with Crippen molar-refractivity contribution in [3.8, 4) is 11.3 Å². The molecule has 4 nitrogen and oxygen atoms in total. The van der Waals surface area contributed by atoms with Gasteiger partial charge in [-0.2, -0.15) is 0 Å². The van der Waals surface area contributed by atoms with Crippen molar-refractivity contribution in [1.82, 2.24) is 15.0 Å². The molecule has 2 rings (SSSR count). The summed E-state index contributed by atoms with van der Waals surface area (Å²) in [5, 5.41) is 0. The molecular weight excluding hydrogens is 176 g/mol. The second kappa shape index (κ2) is 3.41. The summed E-state index contributed by atoms with van der Waals surface area (Å²) in [6, 6.07) is 3.66. The zero-order chi connectivity index (χ0) is 9.97. The molecule has 0 aliphatic heterocycles. The van der Waals surface area contributed by atoms with E-state index in [2.05, 4.69) is 15.0 Å². The van der Waals surface area contributed by atoms with Crippen molar-refractivity contribution in [2.24, 2.45) is 0 Å². The molecule has 4 heteroatoms. The van der Waals surface area contributed by atoms with Crippen LogP contribution in [0.2, 0.25) is 0 Å². The minimum atomic E-state index is 0.514. The molecule has 70 valence electrons. The highest BCUT2D eigenvalue weighted by atomic mass is 14.8. The van der Waals surface area contributed by atoms with Crippen LogP contribution >= 0.6 is 0 Å². The number of aromatic nitrogens is 3. The minimum absolute atomic E-state index is 0.514. The Morgan fingerprint density at radius 2 is 2.00 bits per heavy atom. The average molecular weight is 186 g/mol. The summed E-state index contributed by atoms with van der Waals surface area (Å²) in [5.41, 5.74) is 8.38. The minimum Gasteiger partial charge on any atom is -0.384 e. The molecule has 14 heavy (non-hydrogen) atoms. The fourth-order valence-electron chi connectivity index (χ4n) is 1.25. The molecule has 0 aliphatic carbocycles. The zero-order valence-corrected chi connectivity index (χ0v) is 7.81. The van der Waals surface area contributed by atoms with Gasteiger partial charge in [-0.15, -0.1) is 0 Å². The molecule has 0 atom stereocenters.